The van der Waals surface area contributed by atoms with E-state index in [2.05, 4.69) is 6.07 Å². The number of benzene rings is 1. The molecule has 0 N–H and O–H groups in total. The molecule has 0 aliphatic carbocycles. The molecule has 2 fully saturated rings. The average molecular weight is 417 g/mol. The first-order chi connectivity index (χ1) is 13.8. The van der Waals surface area contributed by atoms with Crippen molar-refractivity contribution in [3.63, 3.8) is 0 Å². The number of halogens is 1. The number of amides is 1. The van der Waals surface area contributed by atoms with Crippen LogP contribution in [0.2, 0.25) is 5.02 Å². The van der Waals surface area contributed by atoms with Crippen molar-refractivity contribution in [2.45, 2.75) is 70.4 Å². The fourth-order valence-electron chi connectivity index (χ4n) is 4.39. The largest absolute Gasteiger partial charge is 0.348 e. The number of likely N-dealkylation sites (tertiary alicyclic amines) is 1. The van der Waals surface area contributed by atoms with Crippen molar-refractivity contribution in [2.24, 2.45) is 5.92 Å². The molecule has 2 aliphatic rings. The van der Waals surface area contributed by atoms with E-state index >= 15 is 0 Å². The molecule has 6 heteroatoms. The van der Waals surface area contributed by atoms with Crippen LogP contribution in [0.3, 0.4) is 0 Å². The van der Waals surface area contributed by atoms with Crippen LogP contribution < -0.4 is 0 Å². The summed E-state index contributed by atoms with van der Waals surface area (Å²) in [6, 6.07) is 9.62. The summed E-state index contributed by atoms with van der Waals surface area (Å²) in [7, 11) is 0. The monoisotopic (exact) mass is 416 g/mol. The standard InChI is InChI=1S/C23H29ClN2O3/c1-4-19(6-5-13-25)26-21(16-7-10-18(24)11-8-16)12-9-17(22(26)27)14-20-15-28-23(2,3)29-20/h5-8,10-11,17,19-21H,4,9,12,14-15H2,1-3H3/b6-5+. The van der Waals surface area contributed by atoms with Gasteiger partial charge in [0.1, 0.15) is 0 Å². The summed E-state index contributed by atoms with van der Waals surface area (Å²) < 4.78 is 11.6. The number of carbonyl (C=O) groups excluding carboxylic acids is 1. The first kappa shape index (κ1) is 21.8. The quantitative estimate of drug-likeness (QED) is 0.611. The Balaban J connectivity index is 1.84. The third-order valence-electron chi connectivity index (χ3n) is 5.77. The van der Waals surface area contributed by atoms with Crippen LogP contribution >= 0.6 is 11.6 Å². The first-order valence-electron chi connectivity index (χ1n) is 10.3. The number of nitriles is 1. The van der Waals surface area contributed by atoms with E-state index in [4.69, 9.17) is 26.3 Å². The Morgan fingerprint density at radius 3 is 2.66 bits per heavy atom. The number of rotatable bonds is 6. The Morgan fingerprint density at radius 1 is 1.34 bits per heavy atom. The second-order valence-corrected chi connectivity index (χ2v) is 8.67. The van der Waals surface area contributed by atoms with Crippen molar-refractivity contribution in [1.82, 2.24) is 4.90 Å². The summed E-state index contributed by atoms with van der Waals surface area (Å²) in [5.74, 6) is -0.570. The number of piperidine rings is 1. The van der Waals surface area contributed by atoms with Crippen LogP contribution in [0.5, 0.6) is 0 Å². The zero-order valence-corrected chi connectivity index (χ0v) is 18.1. The predicted molar refractivity (Wildman–Crippen MR) is 112 cm³/mol. The van der Waals surface area contributed by atoms with E-state index < -0.39 is 5.79 Å². The molecule has 5 nitrogen and oxygen atoms in total. The van der Waals surface area contributed by atoms with Gasteiger partial charge in [-0.05, 0) is 57.2 Å². The highest BCUT2D eigenvalue weighted by atomic mass is 35.5. The Kier molecular flexibility index (Phi) is 7.00. The van der Waals surface area contributed by atoms with Gasteiger partial charge in [-0.3, -0.25) is 4.79 Å². The van der Waals surface area contributed by atoms with Crippen molar-refractivity contribution in [1.29, 1.82) is 5.26 Å². The van der Waals surface area contributed by atoms with Gasteiger partial charge in [-0.25, -0.2) is 0 Å². The van der Waals surface area contributed by atoms with E-state index in [1.807, 2.05) is 56.0 Å². The Bertz CT molecular complexity index is 784. The minimum absolute atomic E-state index is 0.0264. The molecule has 2 aliphatic heterocycles. The minimum atomic E-state index is -0.588. The predicted octanol–water partition coefficient (Wildman–Crippen LogP) is 5.02. The van der Waals surface area contributed by atoms with Crippen molar-refractivity contribution in [3.05, 3.63) is 47.0 Å². The van der Waals surface area contributed by atoms with E-state index in [0.29, 0.717) is 18.1 Å². The lowest BCUT2D eigenvalue weighted by molar-refractivity contribution is -0.152. The minimum Gasteiger partial charge on any atom is -0.348 e. The van der Waals surface area contributed by atoms with Crippen LogP contribution in [0.25, 0.3) is 0 Å². The lowest BCUT2D eigenvalue weighted by atomic mass is 9.84. The lowest BCUT2D eigenvalue weighted by Crippen LogP contribution is -2.49. The molecule has 0 radical (unpaired) electrons. The van der Waals surface area contributed by atoms with Crippen LogP contribution in [0.15, 0.2) is 36.4 Å². The number of nitrogens with zero attached hydrogens (tertiary/aromatic N) is 2. The maximum absolute atomic E-state index is 13.6. The third-order valence-corrected chi connectivity index (χ3v) is 6.02. The number of hydrogen-bond donors (Lipinski definition) is 0. The fourth-order valence-corrected chi connectivity index (χ4v) is 4.51. The Hall–Kier alpha value is -1.87. The molecule has 0 saturated carbocycles. The number of carbonyl (C=O) groups is 1. The number of hydrogen-bond acceptors (Lipinski definition) is 4. The van der Waals surface area contributed by atoms with Gasteiger partial charge in [-0.15, -0.1) is 0 Å². The van der Waals surface area contributed by atoms with Gasteiger partial charge in [0, 0.05) is 17.0 Å². The van der Waals surface area contributed by atoms with Crippen molar-refractivity contribution < 1.29 is 14.3 Å². The second kappa shape index (κ2) is 9.30. The van der Waals surface area contributed by atoms with E-state index in [9.17, 15) is 4.79 Å². The average Bonchev–Trinajstić information content (AvgIpc) is 3.04. The molecule has 0 spiro atoms. The third kappa shape index (κ3) is 5.19. The van der Waals surface area contributed by atoms with Gasteiger partial charge >= 0.3 is 0 Å². The first-order valence-corrected chi connectivity index (χ1v) is 10.7. The summed E-state index contributed by atoms with van der Waals surface area (Å²) in [6.07, 6.45) is 6.32. The highest BCUT2D eigenvalue weighted by Gasteiger charge is 2.42. The smallest absolute Gasteiger partial charge is 0.226 e. The van der Waals surface area contributed by atoms with Gasteiger partial charge in [0.15, 0.2) is 5.79 Å². The van der Waals surface area contributed by atoms with E-state index in [1.54, 1.807) is 0 Å². The second-order valence-electron chi connectivity index (χ2n) is 8.24. The zero-order chi connectivity index (χ0) is 21.0. The molecule has 1 aromatic rings. The van der Waals surface area contributed by atoms with Gasteiger partial charge in [-0.1, -0.05) is 36.7 Å². The Labute approximate surface area is 178 Å². The maximum Gasteiger partial charge on any atom is 0.226 e. The molecular formula is C23H29ClN2O3. The van der Waals surface area contributed by atoms with E-state index in [1.165, 1.54) is 6.08 Å². The van der Waals surface area contributed by atoms with Crippen LogP contribution in [0, 0.1) is 17.2 Å². The van der Waals surface area contributed by atoms with Crippen molar-refractivity contribution in [2.75, 3.05) is 6.61 Å². The summed E-state index contributed by atoms with van der Waals surface area (Å²) in [5.41, 5.74) is 1.08. The fraction of sp³-hybridized carbons (Fsp3) is 0.565. The molecule has 4 unspecified atom stereocenters. The van der Waals surface area contributed by atoms with Crippen LogP contribution in [0.4, 0.5) is 0 Å². The molecule has 2 saturated heterocycles. The van der Waals surface area contributed by atoms with Crippen LogP contribution in [-0.4, -0.2) is 35.3 Å². The van der Waals surface area contributed by atoms with E-state index in [0.717, 1.165) is 24.8 Å². The summed E-state index contributed by atoms with van der Waals surface area (Å²) in [4.78, 5) is 15.5. The highest BCUT2D eigenvalue weighted by molar-refractivity contribution is 6.30. The van der Waals surface area contributed by atoms with Crippen molar-refractivity contribution in [3.8, 4) is 6.07 Å². The van der Waals surface area contributed by atoms with Crippen molar-refractivity contribution >= 4 is 17.5 Å². The van der Waals surface area contributed by atoms with Crippen LogP contribution in [-0.2, 0) is 14.3 Å². The van der Waals surface area contributed by atoms with Gasteiger partial charge < -0.3 is 14.4 Å². The van der Waals surface area contributed by atoms with Gasteiger partial charge in [0.05, 0.1) is 30.9 Å². The molecule has 0 aromatic heterocycles. The Morgan fingerprint density at radius 2 is 2.07 bits per heavy atom. The van der Waals surface area contributed by atoms with Gasteiger partial charge in [-0.2, -0.15) is 5.26 Å². The number of allylic oxidation sites excluding steroid dienone is 1. The van der Waals surface area contributed by atoms with E-state index in [-0.39, 0.29) is 30.0 Å². The summed E-state index contributed by atoms with van der Waals surface area (Å²) >= 11 is 6.06. The molecular weight excluding hydrogens is 388 g/mol. The molecule has 29 heavy (non-hydrogen) atoms. The number of ether oxygens (including phenoxy) is 2. The molecule has 156 valence electrons. The SMILES string of the molecule is CCC(/C=C/C#N)N1C(=O)C(CC2COC(C)(C)O2)CCC1c1ccc(Cl)cc1. The van der Waals surface area contributed by atoms with Crippen LogP contribution in [0.1, 0.15) is 58.1 Å². The molecule has 1 aromatic carbocycles. The summed E-state index contributed by atoms with van der Waals surface area (Å²) in [6.45, 7) is 6.36. The lowest BCUT2D eigenvalue weighted by Gasteiger charge is -2.43. The molecule has 3 rings (SSSR count). The molecule has 0 bridgehead atoms. The molecule has 4 atom stereocenters. The maximum atomic E-state index is 13.6. The molecule has 2 heterocycles. The molecule has 1 amide bonds. The van der Waals surface area contributed by atoms with Gasteiger partial charge in [0.25, 0.3) is 0 Å². The van der Waals surface area contributed by atoms with Gasteiger partial charge in [0.2, 0.25) is 5.91 Å². The zero-order valence-electron chi connectivity index (χ0n) is 17.3. The normalized spacial score (nSPS) is 27.9. The topological polar surface area (TPSA) is 62.6 Å². The summed E-state index contributed by atoms with van der Waals surface area (Å²) in [5, 5.41) is 9.67. The highest BCUT2D eigenvalue weighted by Crippen LogP contribution is 2.39.